The van der Waals surface area contributed by atoms with Crippen LogP contribution in [-0.2, 0) is 12.0 Å². The number of terminal acetylenes is 1. The van der Waals surface area contributed by atoms with Gasteiger partial charge in [0, 0.05) is 0 Å². The number of amides is 2. The summed E-state index contributed by atoms with van der Waals surface area (Å²) in [6, 6.07) is 5.96. The van der Waals surface area contributed by atoms with E-state index in [0.29, 0.717) is 0 Å². The van der Waals surface area contributed by atoms with E-state index < -0.39 is 5.54 Å². The third kappa shape index (κ3) is 1.42. The Morgan fingerprint density at radius 3 is 3.11 bits per heavy atom. The number of fused-ring (bicyclic) bond motifs is 2. The summed E-state index contributed by atoms with van der Waals surface area (Å²) < 4.78 is 0. The molecule has 1 spiro atoms. The minimum absolute atomic E-state index is 0.224. The number of carbonyl (C=O) groups excluding carboxylic acids is 1. The molecule has 1 heterocycles. The van der Waals surface area contributed by atoms with Gasteiger partial charge in [0.05, 0.1) is 6.54 Å². The van der Waals surface area contributed by atoms with Crippen molar-refractivity contribution in [2.24, 2.45) is 0 Å². The van der Waals surface area contributed by atoms with E-state index in [1.807, 2.05) is 6.92 Å². The van der Waals surface area contributed by atoms with Crippen LogP contribution >= 0.6 is 0 Å². The van der Waals surface area contributed by atoms with Crippen molar-refractivity contribution < 1.29 is 4.79 Å². The molecule has 0 aromatic heterocycles. The molecule has 1 aromatic rings. The highest BCUT2D eigenvalue weighted by molar-refractivity contribution is 6.09. The predicted octanol–water partition coefficient (Wildman–Crippen LogP) is 1.77. The van der Waals surface area contributed by atoms with Crippen LogP contribution in [0.3, 0.4) is 0 Å². The third-order valence-electron chi connectivity index (χ3n) is 4.07. The van der Waals surface area contributed by atoms with Crippen LogP contribution in [0.5, 0.6) is 0 Å². The van der Waals surface area contributed by atoms with Gasteiger partial charge >= 0.3 is 6.03 Å². The van der Waals surface area contributed by atoms with Gasteiger partial charge < -0.3 is 0 Å². The average molecular weight is 253 g/mol. The van der Waals surface area contributed by atoms with Crippen LogP contribution < -0.4 is 5.32 Å². The molecule has 1 saturated heterocycles. The van der Waals surface area contributed by atoms with Crippen molar-refractivity contribution in [1.82, 2.24) is 10.2 Å². The predicted molar refractivity (Wildman–Crippen MR) is 73.0 cm³/mol. The van der Waals surface area contributed by atoms with Gasteiger partial charge in [-0.05, 0) is 30.9 Å². The largest absolute Gasteiger partial charge is 0.324 e. The molecule has 0 radical (unpaired) electrons. The Morgan fingerprint density at radius 2 is 2.37 bits per heavy atom. The number of nitrogens with one attached hydrogen (secondary N) is 2. The number of nitrogens with zero attached hydrogens (tertiary/aromatic N) is 1. The number of aryl methyl sites for hydroxylation is 2. The molecular weight excluding hydrogens is 238 g/mol. The van der Waals surface area contributed by atoms with Gasteiger partial charge in [0.1, 0.15) is 11.4 Å². The summed E-state index contributed by atoms with van der Waals surface area (Å²) in [4.78, 5) is 13.6. The van der Waals surface area contributed by atoms with Gasteiger partial charge in [-0.1, -0.05) is 29.7 Å². The number of hydrogen-bond donors (Lipinski definition) is 2. The lowest BCUT2D eigenvalue weighted by Gasteiger charge is -2.32. The van der Waals surface area contributed by atoms with Crippen molar-refractivity contribution in [3.8, 4) is 12.3 Å². The molecule has 1 atom stereocenters. The molecule has 0 bridgehead atoms. The number of urea groups is 1. The molecule has 19 heavy (non-hydrogen) atoms. The second-order valence-electron chi connectivity index (χ2n) is 5.12. The molecule has 1 aliphatic heterocycles. The molecule has 1 aliphatic carbocycles. The van der Waals surface area contributed by atoms with Gasteiger partial charge in [-0.2, -0.15) is 0 Å². The minimum Gasteiger partial charge on any atom is -0.296 e. The van der Waals surface area contributed by atoms with Crippen LogP contribution in [0.25, 0.3) is 0 Å². The molecule has 2 aliphatic rings. The minimum atomic E-state index is -0.676. The average Bonchev–Trinajstić information content (AvgIpc) is 2.85. The molecule has 2 N–H and O–H groups in total. The molecule has 0 saturated carbocycles. The number of carbonyl (C=O) groups is 1. The molecule has 2 amide bonds. The van der Waals surface area contributed by atoms with E-state index in [2.05, 4.69) is 29.4 Å². The normalized spacial score (nSPS) is 24.5. The SMILES string of the molecule is C#CCN1C(=O)NC(=N)C12CCc1ccc(C)cc12. The van der Waals surface area contributed by atoms with Gasteiger partial charge in [0.15, 0.2) is 0 Å². The van der Waals surface area contributed by atoms with Crippen LogP contribution in [0.2, 0.25) is 0 Å². The summed E-state index contributed by atoms with van der Waals surface area (Å²) in [7, 11) is 0. The summed E-state index contributed by atoms with van der Waals surface area (Å²) in [6.45, 7) is 2.24. The lowest BCUT2D eigenvalue weighted by Crippen LogP contribution is -2.45. The van der Waals surface area contributed by atoms with Crippen molar-refractivity contribution in [3.05, 3.63) is 34.9 Å². The van der Waals surface area contributed by atoms with Crippen LogP contribution in [-0.4, -0.2) is 23.3 Å². The van der Waals surface area contributed by atoms with Gasteiger partial charge in [0.25, 0.3) is 0 Å². The monoisotopic (exact) mass is 253 g/mol. The summed E-state index contributed by atoms with van der Waals surface area (Å²) in [5.41, 5.74) is 2.71. The number of rotatable bonds is 1. The van der Waals surface area contributed by atoms with E-state index in [-0.39, 0.29) is 18.4 Å². The van der Waals surface area contributed by atoms with Crippen molar-refractivity contribution in [1.29, 1.82) is 5.41 Å². The number of benzene rings is 1. The fourth-order valence-electron chi connectivity index (χ4n) is 3.17. The third-order valence-corrected chi connectivity index (χ3v) is 4.07. The number of hydrogen-bond acceptors (Lipinski definition) is 2. The first-order valence-electron chi connectivity index (χ1n) is 6.30. The molecule has 1 unspecified atom stereocenters. The molecule has 4 heteroatoms. The quantitative estimate of drug-likeness (QED) is 0.736. The Hall–Kier alpha value is -2.28. The van der Waals surface area contributed by atoms with E-state index in [4.69, 9.17) is 11.8 Å². The Kier molecular flexibility index (Phi) is 2.39. The highest BCUT2D eigenvalue weighted by Crippen LogP contribution is 2.44. The molecule has 4 nitrogen and oxygen atoms in total. The first kappa shape index (κ1) is 11.8. The fourth-order valence-corrected chi connectivity index (χ4v) is 3.17. The maximum Gasteiger partial charge on any atom is 0.324 e. The second-order valence-corrected chi connectivity index (χ2v) is 5.12. The zero-order chi connectivity index (χ0) is 13.6. The van der Waals surface area contributed by atoms with Crippen molar-refractivity contribution in [3.63, 3.8) is 0 Å². The van der Waals surface area contributed by atoms with E-state index in [1.165, 1.54) is 5.56 Å². The highest BCUT2D eigenvalue weighted by atomic mass is 16.2. The lowest BCUT2D eigenvalue weighted by atomic mass is 9.89. The summed E-state index contributed by atoms with van der Waals surface area (Å²) >= 11 is 0. The molecule has 3 rings (SSSR count). The maximum atomic E-state index is 12.0. The standard InChI is InChI=1S/C15H15N3O/c1-3-8-18-14(19)17-13(16)15(18)7-6-11-5-4-10(2)9-12(11)15/h1,4-5,9H,6-8H2,2H3,(H2,16,17,19). The summed E-state index contributed by atoms with van der Waals surface area (Å²) in [6.07, 6.45) is 6.97. The van der Waals surface area contributed by atoms with E-state index in [9.17, 15) is 4.79 Å². The molecular formula is C15H15N3O. The zero-order valence-corrected chi connectivity index (χ0v) is 10.8. The van der Waals surface area contributed by atoms with Gasteiger partial charge in [0.2, 0.25) is 0 Å². The molecule has 1 fully saturated rings. The first-order valence-corrected chi connectivity index (χ1v) is 6.30. The van der Waals surface area contributed by atoms with Crippen molar-refractivity contribution in [2.75, 3.05) is 6.54 Å². The Balaban J connectivity index is 2.19. The molecule has 1 aromatic carbocycles. The van der Waals surface area contributed by atoms with Gasteiger partial charge in [-0.25, -0.2) is 4.79 Å². The van der Waals surface area contributed by atoms with Crippen LogP contribution in [0.1, 0.15) is 23.1 Å². The van der Waals surface area contributed by atoms with E-state index in [1.54, 1.807) is 4.90 Å². The number of amidine groups is 1. The Labute approximate surface area is 112 Å². The van der Waals surface area contributed by atoms with E-state index in [0.717, 1.165) is 24.0 Å². The zero-order valence-electron chi connectivity index (χ0n) is 10.8. The van der Waals surface area contributed by atoms with Crippen molar-refractivity contribution >= 4 is 11.9 Å². The first-order chi connectivity index (χ1) is 9.09. The van der Waals surface area contributed by atoms with Gasteiger partial charge in [-0.3, -0.25) is 15.6 Å². The smallest absolute Gasteiger partial charge is 0.296 e. The van der Waals surface area contributed by atoms with Gasteiger partial charge in [-0.15, -0.1) is 6.42 Å². The Morgan fingerprint density at radius 1 is 1.58 bits per heavy atom. The van der Waals surface area contributed by atoms with Crippen LogP contribution in [0.15, 0.2) is 18.2 Å². The summed E-state index contributed by atoms with van der Waals surface area (Å²) in [5, 5.41) is 10.8. The van der Waals surface area contributed by atoms with Crippen molar-refractivity contribution in [2.45, 2.75) is 25.3 Å². The van der Waals surface area contributed by atoms with Crippen LogP contribution in [0, 0.1) is 24.7 Å². The lowest BCUT2D eigenvalue weighted by molar-refractivity contribution is 0.183. The topological polar surface area (TPSA) is 56.2 Å². The second kappa shape index (κ2) is 3.86. The molecule has 96 valence electrons. The maximum absolute atomic E-state index is 12.0. The highest BCUT2D eigenvalue weighted by Gasteiger charge is 2.54. The van der Waals surface area contributed by atoms with E-state index >= 15 is 0 Å². The fraction of sp³-hybridized carbons (Fsp3) is 0.333. The van der Waals surface area contributed by atoms with Crippen LogP contribution in [0.4, 0.5) is 4.79 Å². The Bertz CT molecular complexity index is 629. The summed E-state index contributed by atoms with van der Waals surface area (Å²) in [5.74, 6) is 2.77.